The van der Waals surface area contributed by atoms with Gasteiger partial charge in [-0.1, -0.05) is 0 Å². The molecule has 0 unspecified atom stereocenters. The third kappa shape index (κ3) is 1.73. The van der Waals surface area contributed by atoms with Crippen LogP contribution in [0.5, 0.6) is 0 Å². The van der Waals surface area contributed by atoms with Crippen molar-refractivity contribution in [3.63, 3.8) is 0 Å². The van der Waals surface area contributed by atoms with Crippen molar-refractivity contribution in [2.75, 3.05) is 0 Å². The van der Waals surface area contributed by atoms with Gasteiger partial charge in [0.1, 0.15) is 5.82 Å². The summed E-state index contributed by atoms with van der Waals surface area (Å²) in [6.07, 6.45) is 0. The Morgan fingerprint density at radius 1 is 1.54 bits per heavy atom. The van der Waals surface area contributed by atoms with E-state index in [0.29, 0.717) is 5.56 Å². The second kappa shape index (κ2) is 3.36. The number of Topliss-reactive ketones (excluding diaryl/α,β-unsaturated/α-hetero) is 1. The van der Waals surface area contributed by atoms with Crippen molar-refractivity contribution < 1.29 is 9.18 Å². The van der Waals surface area contributed by atoms with E-state index in [1.807, 2.05) is 6.07 Å². The molecular weight excluding hydrogens is 169 g/mol. The number of nitrogens with zero attached hydrogens (tertiary/aromatic N) is 1. The molecule has 66 valence electrons. The lowest BCUT2D eigenvalue weighted by Gasteiger charge is -2.01. The molecule has 1 aromatic carbocycles. The van der Waals surface area contributed by atoms with E-state index in [4.69, 9.17) is 5.26 Å². The number of benzene rings is 1. The van der Waals surface area contributed by atoms with Gasteiger partial charge in [-0.25, -0.2) is 4.39 Å². The van der Waals surface area contributed by atoms with Gasteiger partial charge in [0.2, 0.25) is 0 Å². The number of nitriles is 1. The lowest BCUT2D eigenvalue weighted by Crippen LogP contribution is -1.99. The van der Waals surface area contributed by atoms with Gasteiger partial charge in [-0.3, -0.25) is 4.79 Å². The summed E-state index contributed by atoms with van der Waals surface area (Å²) in [6, 6.07) is 4.35. The topological polar surface area (TPSA) is 40.9 Å². The van der Waals surface area contributed by atoms with Gasteiger partial charge in [0, 0.05) is 5.56 Å². The second-order valence-electron chi connectivity index (χ2n) is 2.81. The number of carbonyl (C=O) groups excluding carboxylic acids is 1. The zero-order chi connectivity index (χ0) is 10.0. The van der Waals surface area contributed by atoms with E-state index >= 15 is 0 Å². The molecule has 2 nitrogen and oxygen atoms in total. The molecule has 1 aromatic rings. The van der Waals surface area contributed by atoms with Gasteiger partial charge in [0.25, 0.3) is 0 Å². The van der Waals surface area contributed by atoms with Crippen molar-refractivity contribution >= 4 is 5.78 Å². The summed E-state index contributed by atoms with van der Waals surface area (Å²) in [5.41, 5.74) is 0.749. The molecule has 0 aliphatic heterocycles. The quantitative estimate of drug-likeness (QED) is 0.617. The van der Waals surface area contributed by atoms with E-state index in [1.165, 1.54) is 13.0 Å². The number of rotatable bonds is 1. The van der Waals surface area contributed by atoms with Crippen LogP contribution in [-0.2, 0) is 0 Å². The van der Waals surface area contributed by atoms with E-state index in [0.717, 1.165) is 6.07 Å². The molecule has 0 bridgehead atoms. The van der Waals surface area contributed by atoms with Gasteiger partial charge in [0.05, 0.1) is 11.6 Å². The van der Waals surface area contributed by atoms with Gasteiger partial charge in [0.15, 0.2) is 5.78 Å². The lowest BCUT2D eigenvalue weighted by molar-refractivity contribution is 0.101. The molecule has 13 heavy (non-hydrogen) atoms. The first-order chi connectivity index (χ1) is 6.06. The van der Waals surface area contributed by atoms with Crippen LogP contribution in [0.4, 0.5) is 4.39 Å². The fourth-order valence-corrected chi connectivity index (χ4v) is 1.07. The summed E-state index contributed by atoms with van der Waals surface area (Å²) in [5, 5.41) is 8.66. The van der Waals surface area contributed by atoms with E-state index < -0.39 is 5.82 Å². The summed E-state index contributed by atoms with van der Waals surface area (Å²) < 4.78 is 13.0. The summed E-state index contributed by atoms with van der Waals surface area (Å²) in [4.78, 5) is 11.0. The van der Waals surface area contributed by atoms with Crippen molar-refractivity contribution in [3.8, 4) is 6.07 Å². The highest BCUT2D eigenvalue weighted by Gasteiger charge is 2.10. The predicted molar refractivity (Wildman–Crippen MR) is 45.9 cm³/mol. The molecule has 0 aliphatic carbocycles. The first kappa shape index (κ1) is 9.40. The average Bonchev–Trinajstić information content (AvgIpc) is 2.08. The molecule has 0 atom stereocenters. The van der Waals surface area contributed by atoms with E-state index in [1.54, 1.807) is 6.92 Å². The van der Waals surface area contributed by atoms with Crippen molar-refractivity contribution in [1.29, 1.82) is 5.26 Å². The highest BCUT2D eigenvalue weighted by Crippen LogP contribution is 2.15. The maximum atomic E-state index is 13.0. The number of hydrogen-bond acceptors (Lipinski definition) is 2. The number of ketones is 1. The highest BCUT2D eigenvalue weighted by atomic mass is 19.1. The monoisotopic (exact) mass is 177 g/mol. The van der Waals surface area contributed by atoms with Crippen molar-refractivity contribution in [1.82, 2.24) is 0 Å². The average molecular weight is 177 g/mol. The number of aryl methyl sites for hydroxylation is 1. The molecule has 0 heterocycles. The molecule has 0 spiro atoms. The van der Waals surface area contributed by atoms with Crippen LogP contribution < -0.4 is 0 Å². The maximum Gasteiger partial charge on any atom is 0.161 e. The molecule has 0 aliphatic rings. The fourth-order valence-electron chi connectivity index (χ4n) is 1.07. The van der Waals surface area contributed by atoms with Crippen LogP contribution in [0.15, 0.2) is 12.1 Å². The third-order valence-electron chi connectivity index (χ3n) is 1.80. The Morgan fingerprint density at radius 3 is 2.62 bits per heavy atom. The lowest BCUT2D eigenvalue weighted by atomic mass is 10.0. The molecule has 0 N–H and O–H groups in total. The van der Waals surface area contributed by atoms with E-state index in [2.05, 4.69) is 0 Å². The summed E-state index contributed by atoms with van der Waals surface area (Å²) in [6.45, 7) is 2.87. The smallest absolute Gasteiger partial charge is 0.161 e. The third-order valence-corrected chi connectivity index (χ3v) is 1.80. The Bertz CT molecular complexity index is 404. The summed E-state index contributed by atoms with van der Waals surface area (Å²) >= 11 is 0. The Labute approximate surface area is 75.6 Å². The molecule has 1 rings (SSSR count). The van der Waals surface area contributed by atoms with Gasteiger partial charge in [-0.05, 0) is 31.5 Å². The zero-order valence-corrected chi connectivity index (χ0v) is 7.39. The van der Waals surface area contributed by atoms with Crippen LogP contribution in [0.3, 0.4) is 0 Å². The summed E-state index contributed by atoms with van der Waals surface area (Å²) in [5.74, 6) is -0.750. The minimum absolute atomic E-state index is 0.144. The zero-order valence-electron chi connectivity index (χ0n) is 7.39. The van der Waals surface area contributed by atoms with Gasteiger partial charge in [-0.15, -0.1) is 0 Å². The molecule has 0 aromatic heterocycles. The number of halogens is 1. The van der Waals surface area contributed by atoms with Crippen molar-refractivity contribution in [2.45, 2.75) is 13.8 Å². The maximum absolute atomic E-state index is 13.0. The SMILES string of the molecule is CC(=O)c1cc(F)c(C)cc1C#N. The summed E-state index contributed by atoms with van der Waals surface area (Å²) in [7, 11) is 0. The Kier molecular flexibility index (Phi) is 2.43. The van der Waals surface area contributed by atoms with Gasteiger partial charge < -0.3 is 0 Å². The number of hydrogen-bond donors (Lipinski definition) is 0. The second-order valence-corrected chi connectivity index (χ2v) is 2.81. The van der Waals surface area contributed by atoms with Crippen LogP contribution in [0, 0.1) is 24.1 Å². The van der Waals surface area contributed by atoms with Gasteiger partial charge in [-0.2, -0.15) is 5.26 Å². The van der Waals surface area contributed by atoms with Crippen LogP contribution in [0.2, 0.25) is 0 Å². The minimum atomic E-state index is -0.454. The first-order valence-corrected chi connectivity index (χ1v) is 3.77. The molecule has 3 heteroatoms. The van der Waals surface area contributed by atoms with Crippen LogP contribution >= 0.6 is 0 Å². The predicted octanol–water partition coefficient (Wildman–Crippen LogP) is 2.21. The molecule has 0 fully saturated rings. The van der Waals surface area contributed by atoms with E-state index in [-0.39, 0.29) is 16.9 Å². The Balaban J connectivity index is 3.44. The molecular formula is C10H8FNO. The van der Waals surface area contributed by atoms with Crippen LogP contribution in [-0.4, -0.2) is 5.78 Å². The Hall–Kier alpha value is -1.69. The fraction of sp³-hybridized carbons (Fsp3) is 0.200. The van der Waals surface area contributed by atoms with Crippen molar-refractivity contribution in [2.24, 2.45) is 0 Å². The van der Waals surface area contributed by atoms with Crippen LogP contribution in [0.25, 0.3) is 0 Å². The normalized spacial score (nSPS) is 9.38. The first-order valence-electron chi connectivity index (χ1n) is 3.77. The highest BCUT2D eigenvalue weighted by molar-refractivity contribution is 5.96. The Morgan fingerprint density at radius 2 is 2.15 bits per heavy atom. The molecule has 0 saturated heterocycles. The van der Waals surface area contributed by atoms with Crippen LogP contribution in [0.1, 0.15) is 28.4 Å². The molecule has 0 amide bonds. The molecule has 0 saturated carbocycles. The molecule has 0 radical (unpaired) electrons. The van der Waals surface area contributed by atoms with Gasteiger partial charge >= 0.3 is 0 Å². The minimum Gasteiger partial charge on any atom is -0.294 e. The largest absolute Gasteiger partial charge is 0.294 e. The van der Waals surface area contributed by atoms with E-state index in [9.17, 15) is 9.18 Å². The number of carbonyl (C=O) groups is 1. The van der Waals surface area contributed by atoms with Crippen molar-refractivity contribution in [3.05, 3.63) is 34.6 Å². The standard InChI is InChI=1S/C10H8FNO/c1-6-3-8(5-12)9(7(2)13)4-10(6)11/h3-4H,1-2H3.